The fourth-order valence-corrected chi connectivity index (χ4v) is 1.78. The molecule has 0 saturated heterocycles. The number of hydrogen-bond donors (Lipinski definition) is 3. The van der Waals surface area contributed by atoms with Crippen LogP contribution in [0, 0.1) is 12.8 Å². The lowest BCUT2D eigenvalue weighted by molar-refractivity contribution is -0.117. The molecule has 0 saturated carbocycles. The maximum Gasteiger partial charge on any atom is 0.337 e. The maximum atomic E-state index is 11.9. The summed E-state index contributed by atoms with van der Waals surface area (Å²) in [5.74, 6) is -1.13. The SMILES string of the molecule is Cc1ccc(NC(=O)[C@@H](N)CC(C)C)c(C(=O)O)c1. The molecule has 0 aromatic heterocycles. The Morgan fingerprint density at radius 1 is 1.37 bits per heavy atom. The van der Waals surface area contributed by atoms with Crippen molar-refractivity contribution in [3.8, 4) is 0 Å². The maximum absolute atomic E-state index is 11.9. The van der Waals surface area contributed by atoms with Gasteiger partial charge in [0.15, 0.2) is 0 Å². The number of anilines is 1. The molecule has 5 heteroatoms. The Morgan fingerprint density at radius 3 is 2.53 bits per heavy atom. The third-order valence-electron chi connectivity index (χ3n) is 2.73. The van der Waals surface area contributed by atoms with E-state index >= 15 is 0 Å². The zero-order chi connectivity index (χ0) is 14.6. The van der Waals surface area contributed by atoms with E-state index in [1.165, 1.54) is 6.07 Å². The molecule has 0 fully saturated rings. The van der Waals surface area contributed by atoms with E-state index in [1.54, 1.807) is 19.1 Å². The predicted molar refractivity (Wildman–Crippen MR) is 74.2 cm³/mol. The third-order valence-corrected chi connectivity index (χ3v) is 2.73. The van der Waals surface area contributed by atoms with Crippen molar-refractivity contribution in [2.45, 2.75) is 33.2 Å². The highest BCUT2D eigenvalue weighted by Crippen LogP contribution is 2.18. The first-order valence-electron chi connectivity index (χ1n) is 6.21. The summed E-state index contributed by atoms with van der Waals surface area (Å²) in [6.45, 7) is 5.74. The Bertz CT molecular complexity index is 484. The van der Waals surface area contributed by atoms with Gasteiger partial charge in [-0.05, 0) is 31.4 Å². The molecule has 1 atom stereocenters. The summed E-state index contributed by atoms with van der Waals surface area (Å²) in [7, 11) is 0. The van der Waals surface area contributed by atoms with Crippen molar-refractivity contribution in [2.24, 2.45) is 11.7 Å². The van der Waals surface area contributed by atoms with E-state index in [1.807, 2.05) is 13.8 Å². The highest BCUT2D eigenvalue weighted by atomic mass is 16.4. The molecular formula is C14H20N2O3. The molecule has 4 N–H and O–H groups in total. The molecule has 1 aromatic rings. The second-order valence-electron chi connectivity index (χ2n) is 5.08. The van der Waals surface area contributed by atoms with Crippen LogP contribution in [0.5, 0.6) is 0 Å². The van der Waals surface area contributed by atoms with Crippen molar-refractivity contribution in [2.75, 3.05) is 5.32 Å². The van der Waals surface area contributed by atoms with Crippen LogP contribution in [-0.2, 0) is 4.79 Å². The number of rotatable bonds is 5. The molecule has 0 aliphatic rings. The fourth-order valence-electron chi connectivity index (χ4n) is 1.78. The van der Waals surface area contributed by atoms with Gasteiger partial charge in [-0.25, -0.2) is 4.79 Å². The van der Waals surface area contributed by atoms with Crippen molar-refractivity contribution >= 4 is 17.6 Å². The molecular weight excluding hydrogens is 244 g/mol. The van der Waals surface area contributed by atoms with Gasteiger partial charge in [0.2, 0.25) is 5.91 Å². The third kappa shape index (κ3) is 4.37. The Labute approximate surface area is 112 Å². The molecule has 5 nitrogen and oxygen atoms in total. The number of amides is 1. The molecule has 0 unspecified atom stereocenters. The summed E-state index contributed by atoms with van der Waals surface area (Å²) < 4.78 is 0. The highest BCUT2D eigenvalue weighted by Gasteiger charge is 2.18. The predicted octanol–water partition coefficient (Wildman–Crippen LogP) is 2.01. The van der Waals surface area contributed by atoms with E-state index in [0.29, 0.717) is 12.3 Å². The Hall–Kier alpha value is -1.88. The zero-order valence-corrected chi connectivity index (χ0v) is 11.4. The summed E-state index contributed by atoms with van der Waals surface area (Å²) in [6, 6.07) is 4.21. The van der Waals surface area contributed by atoms with Crippen LogP contribution < -0.4 is 11.1 Å². The molecule has 0 heterocycles. The fraction of sp³-hybridized carbons (Fsp3) is 0.429. The van der Waals surface area contributed by atoms with Gasteiger partial charge in [0.05, 0.1) is 17.3 Å². The number of carbonyl (C=O) groups is 2. The summed E-state index contributed by atoms with van der Waals surface area (Å²) >= 11 is 0. The van der Waals surface area contributed by atoms with Gasteiger partial charge < -0.3 is 16.2 Å². The van der Waals surface area contributed by atoms with E-state index in [0.717, 1.165) is 5.56 Å². The van der Waals surface area contributed by atoms with Gasteiger partial charge in [-0.15, -0.1) is 0 Å². The van der Waals surface area contributed by atoms with E-state index in [2.05, 4.69) is 5.32 Å². The zero-order valence-electron chi connectivity index (χ0n) is 11.4. The first-order chi connectivity index (χ1) is 8.81. The van der Waals surface area contributed by atoms with Gasteiger partial charge in [0, 0.05) is 0 Å². The van der Waals surface area contributed by atoms with Crippen LogP contribution in [0.25, 0.3) is 0 Å². The average Bonchev–Trinajstić information content (AvgIpc) is 2.30. The molecule has 104 valence electrons. The van der Waals surface area contributed by atoms with Crippen LogP contribution in [-0.4, -0.2) is 23.0 Å². The number of nitrogens with one attached hydrogen (secondary N) is 1. The molecule has 0 bridgehead atoms. The van der Waals surface area contributed by atoms with Crippen LogP contribution in [0.3, 0.4) is 0 Å². The summed E-state index contributed by atoms with van der Waals surface area (Å²) in [6.07, 6.45) is 0.556. The van der Waals surface area contributed by atoms with Gasteiger partial charge in [0.1, 0.15) is 0 Å². The Balaban J connectivity index is 2.87. The first kappa shape index (κ1) is 15.2. The topological polar surface area (TPSA) is 92.4 Å². The van der Waals surface area contributed by atoms with Crippen molar-refractivity contribution in [1.29, 1.82) is 0 Å². The summed E-state index contributed by atoms with van der Waals surface area (Å²) in [4.78, 5) is 23.0. The number of benzene rings is 1. The molecule has 1 rings (SSSR count). The molecule has 0 aliphatic heterocycles. The Morgan fingerprint density at radius 2 is 2.00 bits per heavy atom. The minimum absolute atomic E-state index is 0.0742. The lowest BCUT2D eigenvalue weighted by Crippen LogP contribution is -2.37. The molecule has 0 spiro atoms. The lowest BCUT2D eigenvalue weighted by Gasteiger charge is -2.15. The largest absolute Gasteiger partial charge is 0.478 e. The van der Waals surface area contributed by atoms with Crippen molar-refractivity contribution in [3.05, 3.63) is 29.3 Å². The number of carboxylic acid groups (broad SMARTS) is 1. The van der Waals surface area contributed by atoms with E-state index < -0.39 is 12.0 Å². The van der Waals surface area contributed by atoms with E-state index in [-0.39, 0.29) is 17.2 Å². The monoisotopic (exact) mass is 264 g/mol. The number of nitrogens with two attached hydrogens (primary N) is 1. The second-order valence-corrected chi connectivity index (χ2v) is 5.08. The number of carboxylic acids is 1. The van der Waals surface area contributed by atoms with Crippen LogP contribution >= 0.6 is 0 Å². The van der Waals surface area contributed by atoms with Crippen LogP contribution in [0.1, 0.15) is 36.2 Å². The minimum Gasteiger partial charge on any atom is -0.478 e. The average molecular weight is 264 g/mol. The van der Waals surface area contributed by atoms with Gasteiger partial charge >= 0.3 is 5.97 Å². The lowest BCUT2D eigenvalue weighted by atomic mass is 10.0. The van der Waals surface area contributed by atoms with E-state index in [4.69, 9.17) is 10.8 Å². The first-order valence-corrected chi connectivity index (χ1v) is 6.21. The number of aryl methyl sites for hydroxylation is 1. The van der Waals surface area contributed by atoms with Gasteiger partial charge in [0.25, 0.3) is 0 Å². The standard InChI is InChI=1S/C14H20N2O3/c1-8(2)6-11(15)13(17)16-12-5-4-9(3)7-10(12)14(18)19/h4-5,7-8,11H,6,15H2,1-3H3,(H,16,17)(H,18,19)/t11-/m0/s1. The molecule has 0 aliphatic carbocycles. The number of carbonyl (C=O) groups excluding carboxylic acids is 1. The molecule has 1 amide bonds. The van der Waals surface area contributed by atoms with Gasteiger partial charge in [-0.3, -0.25) is 4.79 Å². The summed E-state index contributed by atoms with van der Waals surface area (Å²) in [5, 5.41) is 11.7. The van der Waals surface area contributed by atoms with Crippen molar-refractivity contribution in [1.82, 2.24) is 0 Å². The van der Waals surface area contributed by atoms with Crippen molar-refractivity contribution < 1.29 is 14.7 Å². The normalized spacial score (nSPS) is 12.3. The second kappa shape index (κ2) is 6.33. The van der Waals surface area contributed by atoms with Gasteiger partial charge in [-0.1, -0.05) is 25.5 Å². The quantitative estimate of drug-likeness (QED) is 0.758. The summed E-state index contributed by atoms with van der Waals surface area (Å²) in [5.41, 5.74) is 6.94. The van der Waals surface area contributed by atoms with Crippen LogP contribution in [0.2, 0.25) is 0 Å². The van der Waals surface area contributed by atoms with E-state index in [9.17, 15) is 9.59 Å². The Kier molecular flexibility index (Phi) is 5.06. The smallest absolute Gasteiger partial charge is 0.337 e. The number of hydrogen-bond acceptors (Lipinski definition) is 3. The van der Waals surface area contributed by atoms with Crippen LogP contribution in [0.15, 0.2) is 18.2 Å². The van der Waals surface area contributed by atoms with Crippen molar-refractivity contribution in [3.63, 3.8) is 0 Å². The van der Waals surface area contributed by atoms with Gasteiger partial charge in [-0.2, -0.15) is 0 Å². The molecule has 1 aromatic carbocycles. The van der Waals surface area contributed by atoms with Crippen LogP contribution in [0.4, 0.5) is 5.69 Å². The molecule has 0 radical (unpaired) electrons. The number of aromatic carboxylic acids is 1. The minimum atomic E-state index is -1.07. The highest BCUT2D eigenvalue weighted by molar-refractivity contribution is 6.02. The molecule has 19 heavy (non-hydrogen) atoms.